The van der Waals surface area contributed by atoms with E-state index in [1.807, 2.05) is 24.3 Å². The number of hydrogen-bond acceptors (Lipinski definition) is 3. The normalized spacial score (nSPS) is 11.9. The summed E-state index contributed by atoms with van der Waals surface area (Å²) in [6.07, 6.45) is 0.166. The molecule has 4 nitrogen and oxygen atoms in total. The molecule has 3 N–H and O–H groups in total. The predicted molar refractivity (Wildman–Crippen MR) is 71.0 cm³/mol. The van der Waals surface area contributed by atoms with E-state index >= 15 is 0 Å². The monoisotopic (exact) mass is 234 g/mol. The topological polar surface area (TPSA) is 61.4 Å². The molecule has 1 aromatic rings. The van der Waals surface area contributed by atoms with Crippen LogP contribution in [0.15, 0.2) is 24.3 Å². The van der Waals surface area contributed by atoms with Crippen molar-refractivity contribution in [2.75, 3.05) is 19.6 Å². The number of aliphatic hydroxyl groups excluding tert-OH is 1. The molecular weight excluding hydrogens is 215 g/mol. The van der Waals surface area contributed by atoms with Gasteiger partial charge in [0.2, 0.25) is 6.41 Å². The van der Waals surface area contributed by atoms with Crippen LogP contribution in [0.25, 0.3) is 0 Å². The van der Waals surface area contributed by atoms with E-state index in [0.717, 1.165) is 12.8 Å². The maximum absolute atomic E-state index is 10.00. The third kappa shape index (κ3) is 5.02. The van der Waals surface area contributed by atoms with Gasteiger partial charge >= 0.3 is 0 Å². The highest BCUT2D eigenvalue weighted by molar-refractivity contribution is 6.51. The number of aliphatic hydroxyl groups is 1. The Morgan fingerprint density at radius 2 is 2.06 bits per heavy atom. The van der Waals surface area contributed by atoms with Crippen molar-refractivity contribution in [3.8, 4) is 0 Å². The summed E-state index contributed by atoms with van der Waals surface area (Å²) in [5.41, 5.74) is 2.18. The fraction of sp³-hybridized carbons (Fsp3) is 0.417. The van der Waals surface area contributed by atoms with Crippen LogP contribution in [-0.4, -0.2) is 38.4 Å². The Kier molecular flexibility index (Phi) is 6.36. The minimum atomic E-state index is -0.503. The minimum Gasteiger partial charge on any atom is -0.387 e. The van der Waals surface area contributed by atoms with Crippen LogP contribution in [0.4, 0.5) is 0 Å². The highest BCUT2D eigenvalue weighted by Crippen LogP contribution is 2.09. The molecule has 1 aromatic carbocycles. The Bertz CT molecular complexity index is 330. The number of nitrogens with one attached hydrogen (secondary N) is 2. The van der Waals surface area contributed by atoms with Gasteiger partial charge in [0.15, 0.2) is 7.28 Å². The van der Waals surface area contributed by atoms with Gasteiger partial charge in [0, 0.05) is 19.6 Å². The van der Waals surface area contributed by atoms with Crippen LogP contribution in [0.5, 0.6) is 0 Å². The summed E-state index contributed by atoms with van der Waals surface area (Å²) in [4.78, 5) is 10.00. The molecule has 0 radical (unpaired) electrons. The molecule has 17 heavy (non-hydrogen) atoms. The molecule has 0 saturated carbocycles. The highest BCUT2D eigenvalue weighted by atomic mass is 16.3. The quantitative estimate of drug-likeness (QED) is 0.312. The van der Waals surface area contributed by atoms with Crippen molar-refractivity contribution in [2.45, 2.75) is 12.9 Å². The summed E-state index contributed by atoms with van der Waals surface area (Å²) >= 11 is 0. The molecule has 0 aromatic heterocycles. The maximum atomic E-state index is 10.00. The number of rotatable bonds is 8. The number of carbonyl (C=O) groups excluding carboxylic acids is 1. The molecule has 1 atom stereocenters. The Morgan fingerprint density at radius 3 is 2.65 bits per heavy atom. The van der Waals surface area contributed by atoms with Gasteiger partial charge in [-0.05, 0) is 5.56 Å². The van der Waals surface area contributed by atoms with Gasteiger partial charge in [0.25, 0.3) is 0 Å². The molecule has 0 aliphatic heterocycles. The fourth-order valence-corrected chi connectivity index (χ4v) is 1.55. The van der Waals surface area contributed by atoms with Gasteiger partial charge in [-0.15, -0.1) is 0 Å². The lowest BCUT2D eigenvalue weighted by molar-refractivity contribution is -0.109. The SMILES string of the molecule is CBc1ccc([C@H](O)CNCCNC=O)cc1. The number of hydrogen-bond donors (Lipinski definition) is 3. The van der Waals surface area contributed by atoms with Gasteiger partial charge < -0.3 is 15.7 Å². The Hall–Kier alpha value is -1.33. The first-order valence-corrected chi connectivity index (χ1v) is 5.92. The van der Waals surface area contributed by atoms with E-state index in [2.05, 4.69) is 17.5 Å². The first-order valence-electron chi connectivity index (χ1n) is 5.92. The molecule has 0 aliphatic rings. The molecule has 0 heterocycles. The second-order valence-electron chi connectivity index (χ2n) is 3.89. The average molecular weight is 234 g/mol. The van der Waals surface area contributed by atoms with Gasteiger partial charge in [-0.3, -0.25) is 4.79 Å². The van der Waals surface area contributed by atoms with Crippen LogP contribution < -0.4 is 16.1 Å². The highest BCUT2D eigenvalue weighted by Gasteiger charge is 2.06. The van der Waals surface area contributed by atoms with Crippen LogP contribution in [0.1, 0.15) is 11.7 Å². The maximum Gasteiger partial charge on any atom is 0.207 e. The molecule has 0 spiro atoms. The predicted octanol–water partition coefficient (Wildman–Crippen LogP) is -0.834. The number of benzene rings is 1. The summed E-state index contributed by atoms with van der Waals surface area (Å²) in [6.45, 7) is 3.83. The van der Waals surface area contributed by atoms with E-state index in [1.54, 1.807) is 0 Å². The molecule has 0 saturated heterocycles. The van der Waals surface area contributed by atoms with Gasteiger partial charge in [0.05, 0.1) is 6.10 Å². The zero-order valence-electron chi connectivity index (χ0n) is 10.1. The van der Waals surface area contributed by atoms with Crippen molar-refractivity contribution in [2.24, 2.45) is 0 Å². The number of amides is 1. The van der Waals surface area contributed by atoms with Crippen LogP contribution >= 0.6 is 0 Å². The zero-order chi connectivity index (χ0) is 12.5. The van der Waals surface area contributed by atoms with Crippen molar-refractivity contribution in [1.82, 2.24) is 10.6 Å². The zero-order valence-corrected chi connectivity index (χ0v) is 10.1. The molecule has 0 unspecified atom stereocenters. The summed E-state index contributed by atoms with van der Waals surface area (Å²) in [5, 5.41) is 15.5. The molecule has 5 heteroatoms. The van der Waals surface area contributed by atoms with Crippen molar-refractivity contribution >= 4 is 19.2 Å². The Labute approximate surface area is 103 Å². The van der Waals surface area contributed by atoms with E-state index in [-0.39, 0.29) is 0 Å². The Morgan fingerprint density at radius 1 is 1.35 bits per heavy atom. The van der Waals surface area contributed by atoms with Crippen molar-refractivity contribution in [3.05, 3.63) is 29.8 Å². The second-order valence-corrected chi connectivity index (χ2v) is 3.89. The molecule has 0 bridgehead atoms. The first kappa shape index (κ1) is 13.7. The summed E-state index contributed by atoms with van der Waals surface area (Å²) in [6, 6.07) is 7.97. The number of carbonyl (C=O) groups is 1. The van der Waals surface area contributed by atoms with Crippen molar-refractivity contribution in [1.29, 1.82) is 0 Å². The molecule has 0 fully saturated rings. The molecule has 0 aliphatic carbocycles. The van der Waals surface area contributed by atoms with Gasteiger partial charge in [-0.2, -0.15) is 0 Å². The average Bonchev–Trinajstić information content (AvgIpc) is 2.38. The third-order valence-electron chi connectivity index (χ3n) is 2.64. The van der Waals surface area contributed by atoms with Crippen LogP contribution in [0, 0.1) is 0 Å². The standard InChI is InChI=1S/C12H19BN2O2/c1-13-11-4-2-10(3-5-11)12(17)8-14-6-7-15-9-16/h2-5,9,12-14,17H,6-8H2,1H3,(H,15,16)/t12-/m1/s1. The van der Waals surface area contributed by atoms with Crippen molar-refractivity contribution < 1.29 is 9.90 Å². The minimum absolute atomic E-state index is 0.492. The van der Waals surface area contributed by atoms with E-state index in [1.165, 1.54) is 5.46 Å². The molecule has 92 valence electrons. The molecule has 1 rings (SSSR count). The largest absolute Gasteiger partial charge is 0.387 e. The third-order valence-corrected chi connectivity index (χ3v) is 2.64. The summed E-state index contributed by atoms with van der Waals surface area (Å²) in [5.74, 6) is 0. The van der Waals surface area contributed by atoms with Gasteiger partial charge in [-0.25, -0.2) is 0 Å². The van der Waals surface area contributed by atoms with Crippen LogP contribution in [-0.2, 0) is 4.79 Å². The van der Waals surface area contributed by atoms with Crippen molar-refractivity contribution in [3.63, 3.8) is 0 Å². The lowest BCUT2D eigenvalue weighted by Gasteiger charge is -2.12. The molecule has 1 amide bonds. The Balaban J connectivity index is 2.30. The summed E-state index contributed by atoms with van der Waals surface area (Å²) in [7, 11) is 1.01. The second kappa shape index (κ2) is 7.87. The fourth-order valence-electron chi connectivity index (χ4n) is 1.55. The lowest BCUT2D eigenvalue weighted by atomic mass is 9.73. The van der Waals surface area contributed by atoms with Gasteiger partial charge in [0.1, 0.15) is 0 Å². The summed E-state index contributed by atoms with van der Waals surface area (Å²) < 4.78 is 0. The molecular formula is C12H19BN2O2. The van der Waals surface area contributed by atoms with E-state index < -0.39 is 6.10 Å². The van der Waals surface area contributed by atoms with Crippen LogP contribution in [0.2, 0.25) is 6.82 Å². The van der Waals surface area contributed by atoms with E-state index in [9.17, 15) is 9.90 Å². The smallest absolute Gasteiger partial charge is 0.207 e. The van der Waals surface area contributed by atoms with E-state index in [4.69, 9.17) is 0 Å². The van der Waals surface area contributed by atoms with Crippen LogP contribution in [0.3, 0.4) is 0 Å². The van der Waals surface area contributed by atoms with E-state index in [0.29, 0.717) is 26.0 Å². The van der Waals surface area contributed by atoms with Gasteiger partial charge in [-0.1, -0.05) is 36.6 Å². The first-order chi connectivity index (χ1) is 8.27. The lowest BCUT2D eigenvalue weighted by Crippen LogP contribution is -2.29.